The van der Waals surface area contributed by atoms with Gasteiger partial charge in [-0.25, -0.2) is 0 Å². The summed E-state index contributed by atoms with van der Waals surface area (Å²) in [5.74, 6) is 0. The van der Waals surface area contributed by atoms with Crippen LogP contribution in [0.25, 0.3) is 9.96 Å². The molecule has 3 nitrogen and oxygen atoms in total. The number of nitrogens with zero attached hydrogens (tertiary/aromatic N) is 3. The third kappa shape index (κ3) is 17.4. The maximum atomic E-state index is 4.97. The Balaban J connectivity index is -0.000000416. The Morgan fingerprint density at radius 3 is 1.26 bits per heavy atom. The van der Waals surface area contributed by atoms with Crippen LogP contribution in [0.15, 0.2) is 0 Å². The summed E-state index contributed by atoms with van der Waals surface area (Å²) in [5.41, 5.74) is 0.249. The first-order chi connectivity index (χ1) is 11.2. The van der Waals surface area contributed by atoms with E-state index in [0.717, 1.165) is 19.6 Å². The van der Waals surface area contributed by atoms with Gasteiger partial charge in [0.25, 0.3) is 0 Å². The Morgan fingerprint density at radius 2 is 1.07 bits per heavy atom. The number of rotatable bonds is 7. The number of likely N-dealkylation sites (N-methyl/N-ethyl adjacent to an activating group) is 1. The standard InChI is InChI=1S/C11H27N2Si.C10H24NSi.Co/c1-8-13(9-2)10-11(3,4)12-14(5,6)7;1-9(2,3)11-12(7,8)10(4,5)6;/h8-10H2,1-7H3;1-8H3;/q2*-1;+3. The fraction of sp³-hybridized carbons (Fsp3) is 1.00. The van der Waals surface area contributed by atoms with E-state index in [1.54, 1.807) is 0 Å². The second kappa shape index (κ2) is 11.9. The summed E-state index contributed by atoms with van der Waals surface area (Å²) in [7, 11) is -2.70. The van der Waals surface area contributed by atoms with Crippen molar-refractivity contribution in [3.8, 4) is 0 Å². The molecule has 0 aromatic rings. The minimum Gasteiger partial charge on any atom is -0.659 e. The molecule has 166 valence electrons. The molecule has 0 saturated heterocycles. The van der Waals surface area contributed by atoms with Gasteiger partial charge in [-0.1, -0.05) is 123 Å². The van der Waals surface area contributed by atoms with Crippen LogP contribution in [-0.4, -0.2) is 52.1 Å². The van der Waals surface area contributed by atoms with Crippen LogP contribution >= 0.6 is 0 Å². The van der Waals surface area contributed by atoms with Crippen LogP contribution in [0.1, 0.15) is 69.2 Å². The first-order valence-electron chi connectivity index (χ1n) is 10.4. The fourth-order valence-corrected chi connectivity index (χ4v) is 6.84. The zero-order chi connectivity index (χ0) is 21.6. The van der Waals surface area contributed by atoms with Crippen LogP contribution < -0.4 is 0 Å². The van der Waals surface area contributed by atoms with Crippen molar-refractivity contribution in [1.82, 2.24) is 4.90 Å². The molecule has 0 rings (SSSR count). The molecular weight excluding hydrogens is 409 g/mol. The van der Waals surface area contributed by atoms with Crippen molar-refractivity contribution in [1.29, 1.82) is 0 Å². The zero-order valence-electron chi connectivity index (χ0n) is 21.3. The third-order valence-electron chi connectivity index (χ3n) is 4.59. The van der Waals surface area contributed by atoms with E-state index >= 15 is 0 Å². The average molecular weight is 461 g/mol. The van der Waals surface area contributed by atoms with E-state index in [2.05, 4.69) is 107 Å². The topological polar surface area (TPSA) is 31.4 Å². The molecule has 0 heterocycles. The van der Waals surface area contributed by atoms with E-state index in [1.165, 1.54) is 0 Å². The Bertz CT molecular complexity index is 388. The molecule has 0 aliphatic carbocycles. The van der Waals surface area contributed by atoms with E-state index in [-0.39, 0.29) is 27.9 Å². The van der Waals surface area contributed by atoms with Gasteiger partial charge in [-0.05, 0) is 19.6 Å². The monoisotopic (exact) mass is 460 g/mol. The van der Waals surface area contributed by atoms with Gasteiger partial charge < -0.3 is 14.9 Å². The summed E-state index contributed by atoms with van der Waals surface area (Å²) in [6.07, 6.45) is 0. The molecule has 0 aliphatic rings. The summed E-state index contributed by atoms with van der Waals surface area (Å²) >= 11 is 0. The van der Waals surface area contributed by atoms with Crippen LogP contribution in [-0.2, 0) is 16.8 Å². The molecule has 0 amide bonds. The summed E-state index contributed by atoms with van der Waals surface area (Å²) < 4.78 is 0. The van der Waals surface area contributed by atoms with E-state index in [1.807, 2.05) is 0 Å². The second-order valence-electron chi connectivity index (χ2n) is 11.6. The Labute approximate surface area is 185 Å². The van der Waals surface area contributed by atoms with Gasteiger partial charge in [0.2, 0.25) is 0 Å². The van der Waals surface area contributed by atoms with E-state index in [9.17, 15) is 0 Å². The molecule has 0 fully saturated rings. The smallest absolute Gasteiger partial charge is 0.659 e. The van der Waals surface area contributed by atoms with Gasteiger partial charge in [-0.2, -0.15) is 0 Å². The Morgan fingerprint density at radius 1 is 0.704 bits per heavy atom. The van der Waals surface area contributed by atoms with Gasteiger partial charge in [0, 0.05) is 0 Å². The molecule has 0 spiro atoms. The van der Waals surface area contributed by atoms with Crippen LogP contribution in [0.5, 0.6) is 0 Å². The summed E-state index contributed by atoms with van der Waals surface area (Å²) in [6.45, 7) is 37.3. The quantitative estimate of drug-likeness (QED) is 0.362. The molecule has 6 heteroatoms. The van der Waals surface area contributed by atoms with Crippen molar-refractivity contribution in [3.63, 3.8) is 0 Å². The van der Waals surface area contributed by atoms with Crippen LogP contribution in [0.3, 0.4) is 0 Å². The average Bonchev–Trinajstić information content (AvgIpc) is 2.29. The number of hydrogen-bond acceptors (Lipinski definition) is 1. The zero-order valence-corrected chi connectivity index (χ0v) is 24.3. The molecule has 27 heavy (non-hydrogen) atoms. The van der Waals surface area contributed by atoms with Gasteiger partial charge >= 0.3 is 16.8 Å². The van der Waals surface area contributed by atoms with Gasteiger partial charge in [-0.3, -0.25) is 0 Å². The normalized spacial score (nSPS) is 13.8. The first-order valence-corrected chi connectivity index (χ1v) is 16.8. The minimum absolute atomic E-state index is 0. The molecule has 0 saturated carbocycles. The summed E-state index contributed by atoms with van der Waals surface area (Å²) in [4.78, 5) is 12.4. The van der Waals surface area contributed by atoms with E-state index in [4.69, 9.17) is 9.96 Å². The van der Waals surface area contributed by atoms with Gasteiger partial charge in [0.1, 0.15) is 0 Å². The molecule has 0 unspecified atom stereocenters. The van der Waals surface area contributed by atoms with Crippen LogP contribution in [0, 0.1) is 0 Å². The second-order valence-corrected chi connectivity index (χ2v) is 21.1. The van der Waals surface area contributed by atoms with Crippen molar-refractivity contribution in [2.45, 2.75) is 118 Å². The van der Waals surface area contributed by atoms with Crippen molar-refractivity contribution >= 4 is 16.5 Å². The SMILES string of the molecule is CC(C)(C)[N-][Si](C)(C)C(C)(C)C.CCN(CC)CC(C)(C)[N-][Si](C)(C)C.[Co+3]. The molecule has 0 atom stereocenters. The van der Waals surface area contributed by atoms with Gasteiger partial charge in [0.15, 0.2) is 0 Å². The largest absolute Gasteiger partial charge is 3.00 e. The maximum absolute atomic E-state index is 4.97. The van der Waals surface area contributed by atoms with Crippen LogP contribution in [0.4, 0.5) is 0 Å². The Hall–Kier alpha value is 0.820. The third-order valence-corrected chi connectivity index (χ3v) is 10.8. The molecule has 0 aliphatic heterocycles. The molecule has 0 aromatic carbocycles. The van der Waals surface area contributed by atoms with Gasteiger partial charge in [0.05, 0.1) is 0 Å². The summed E-state index contributed by atoms with van der Waals surface area (Å²) in [6, 6.07) is 0. The molecular formula is C21H51CoN3Si2+. The molecule has 0 radical (unpaired) electrons. The fourth-order valence-electron chi connectivity index (χ4n) is 2.94. The first kappa shape index (κ1) is 32.5. The summed E-state index contributed by atoms with van der Waals surface area (Å²) in [5, 5.41) is 0.375. The minimum atomic E-state index is -1.42. The van der Waals surface area contributed by atoms with Crippen LogP contribution in [0.2, 0.25) is 37.8 Å². The van der Waals surface area contributed by atoms with E-state index in [0.29, 0.717) is 5.04 Å². The Kier molecular flexibility index (Phi) is 14.3. The predicted octanol–water partition coefficient (Wildman–Crippen LogP) is 7.48. The molecule has 0 aromatic heterocycles. The predicted molar refractivity (Wildman–Crippen MR) is 129 cm³/mol. The molecule has 0 bridgehead atoms. The number of hydrogen-bond donors (Lipinski definition) is 0. The van der Waals surface area contributed by atoms with Crippen molar-refractivity contribution in [2.75, 3.05) is 19.6 Å². The maximum Gasteiger partial charge on any atom is 3.00 e. The molecule has 0 N–H and O–H groups in total. The van der Waals surface area contributed by atoms with Crippen molar-refractivity contribution in [3.05, 3.63) is 9.96 Å². The van der Waals surface area contributed by atoms with E-state index < -0.39 is 16.5 Å². The van der Waals surface area contributed by atoms with Crippen molar-refractivity contribution < 1.29 is 16.8 Å². The van der Waals surface area contributed by atoms with Crippen molar-refractivity contribution in [2.24, 2.45) is 0 Å². The van der Waals surface area contributed by atoms with Gasteiger partial charge in [-0.15, -0.1) is 11.1 Å².